The molecule has 0 spiro atoms. The lowest BCUT2D eigenvalue weighted by Gasteiger charge is -1.99. The molecule has 10 heteroatoms. The summed E-state index contributed by atoms with van der Waals surface area (Å²) in [5, 5.41) is 19.8. The van der Waals surface area contributed by atoms with Crippen LogP contribution in [0.3, 0.4) is 0 Å². The number of aromatic nitrogens is 6. The van der Waals surface area contributed by atoms with Crippen LogP contribution < -0.4 is 5.56 Å². The van der Waals surface area contributed by atoms with Crippen molar-refractivity contribution in [1.29, 1.82) is 0 Å². The third-order valence-corrected chi connectivity index (χ3v) is 2.54. The predicted molar refractivity (Wildman–Crippen MR) is 54.4 cm³/mol. The number of H-pyrrole nitrogens is 1. The Bertz CT molecular complexity index is 593. The van der Waals surface area contributed by atoms with E-state index < -0.39 is 5.97 Å². The summed E-state index contributed by atoms with van der Waals surface area (Å²) in [5.74, 6) is -1.06. The first-order chi connectivity index (χ1) is 8.15. The Morgan fingerprint density at radius 1 is 1.59 bits per heavy atom. The molecule has 9 nitrogen and oxygen atoms in total. The smallest absolute Gasteiger partial charge is 0.325 e. The van der Waals surface area contributed by atoms with Gasteiger partial charge in [-0.15, -0.1) is 5.10 Å². The van der Waals surface area contributed by atoms with Crippen molar-refractivity contribution < 1.29 is 9.90 Å². The lowest BCUT2D eigenvalue weighted by molar-refractivity contribution is -0.138. The van der Waals surface area contributed by atoms with Gasteiger partial charge in [-0.2, -0.15) is 0 Å². The molecule has 0 aromatic carbocycles. The molecule has 0 amide bonds. The normalized spacial score (nSPS) is 10.4. The second kappa shape index (κ2) is 4.74. The van der Waals surface area contributed by atoms with Gasteiger partial charge in [0.1, 0.15) is 11.6 Å². The quantitative estimate of drug-likeness (QED) is 0.664. The van der Waals surface area contributed by atoms with Crippen LogP contribution >= 0.6 is 11.8 Å². The molecule has 0 aliphatic heterocycles. The van der Waals surface area contributed by atoms with Gasteiger partial charge in [0.15, 0.2) is 0 Å². The predicted octanol–water partition coefficient (Wildman–Crippen LogP) is -1.01. The Balaban J connectivity index is 2.21. The van der Waals surface area contributed by atoms with E-state index in [9.17, 15) is 9.59 Å². The highest BCUT2D eigenvalue weighted by Crippen LogP contribution is 2.21. The molecule has 2 N–H and O–H groups in total. The molecular formula is C7H6N6O3S. The molecular weight excluding hydrogens is 248 g/mol. The second-order valence-corrected chi connectivity index (χ2v) is 3.85. The van der Waals surface area contributed by atoms with E-state index in [0.29, 0.717) is 5.03 Å². The van der Waals surface area contributed by atoms with Crippen molar-refractivity contribution in [2.45, 2.75) is 16.7 Å². The number of carbonyl (C=O) groups is 1. The molecule has 0 fully saturated rings. The molecule has 0 unspecified atom stereocenters. The monoisotopic (exact) mass is 254 g/mol. The Hall–Kier alpha value is -2.23. The number of aromatic amines is 1. The van der Waals surface area contributed by atoms with Gasteiger partial charge in [-0.05, 0) is 22.2 Å². The van der Waals surface area contributed by atoms with Crippen molar-refractivity contribution in [1.82, 2.24) is 30.2 Å². The highest BCUT2D eigenvalue weighted by molar-refractivity contribution is 7.99. The van der Waals surface area contributed by atoms with E-state index in [4.69, 9.17) is 5.11 Å². The Morgan fingerprint density at radius 3 is 3.12 bits per heavy atom. The van der Waals surface area contributed by atoms with Crippen LogP contribution in [0.5, 0.6) is 0 Å². The molecule has 0 saturated carbocycles. The molecule has 2 heterocycles. The summed E-state index contributed by atoms with van der Waals surface area (Å²) in [6.45, 7) is -0.349. The fourth-order valence-electron chi connectivity index (χ4n) is 0.997. The number of nitrogens with zero attached hydrogens (tertiary/aromatic N) is 5. The number of hydrogen-bond donors (Lipinski definition) is 2. The lowest BCUT2D eigenvalue weighted by atomic mass is 10.7. The zero-order valence-corrected chi connectivity index (χ0v) is 9.09. The highest BCUT2D eigenvalue weighted by atomic mass is 32.2. The van der Waals surface area contributed by atoms with Crippen molar-refractivity contribution in [3.63, 3.8) is 0 Å². The van der Waals surface area contributed by atoms with Gasteiger partial charge in [0.2, 0.25) is 5.16 Å². The number of carboxylic acids is 1. The van der Waals surface area contributed by atoms with Crippen LogP contribution in [-0.2, 0) is 11.3 Å². The topological polar surface area (TPSA) is 127 Å². The van der Waals surface area contributed by atoms with E-state index in [1.165, 1.54) is 12.4 Å². The third-order valence-electron chi connectivity index (χ3n) is 1.63. The minimum Gasteiger partial charge on any atom is -0.480 e. The summed E-state index contributed by atoms with van der Waals surface area (Å²) in [5.41, 5.74) is -0.306. The molecule has 0 aliphatic rings. The summed E-state index contributed by atoms with van der Waals surface area (Å²) in [6.07, 6.45) is 1.25. The van der Waals surface area contributed by atoms with E-state index in [1.54, 1.807) is 0 Å². The average molecular weight is 254 g/mol. The van der Waals surface area contributed by atoms with Crippen LogP contribution in [0, 0.1) is 0 Å². The second-order valence-electron chi connectivity index (χ2n) is 2.86. The molecule has 2 aromatic rings. The van der Waals surface area contributed by atoms with Crippen molar-refractivity contribution in [3.05, 3.63) is 22.7 Å². The van der Waals surface area contributed by atoms with Crippen LogP contribution in [0.2, 0.25) is 0 Å². The molecule has 0 atom stereocenters. The number of tetrazole rings is 1. The molecule has 0 aliphatic carbocycles. The van der Waals surface area contributed by atoms with Gasteiger partial charge >= 0.3 is 5.97 Å². The maximum Gasteiger partial charge on any atom is 0.325 e. The number of rotatable bonds is 4. The standard InChI is InChI=1S/C7H6N6O3S/c14-4-1-5(9-3-8-4)17-7-10-11-12-13(7)2-6(15)16/h1,3H,2H2,(H,15,16)(H,8,9,14). The van der Waals surface area contributed by atoms with Crippen LogP contribution in [0.15, 0.2) is 27.4 Å². The van der Waals surface area contributed by atoms with E-state index in [2.05, 4.69) is 25.5 Å². The van der Waals surface area contributed by atoms with Crippen molar-refractivity contribution in [2.75, 3.05) is 0 Å². The molecule has 0 radical (unpaired) electrons. The maximum absolute atomic E-state index is 11.0. The third kappa shape index (κ3) is 2.87. The van der Waals surface area contributed by atoms with Crippen molar-refractivity contribution in [2.24, 2.45) is 0 Å². The number of carboxylic acid groups (broad SMARTS) is 1. The van der Waals surface area contributed by atoms with Crippen LogP contribution in [-0.4, -0.2) is 41.3 Å². The van der Waals surface area contributed by atoms with E-state index in [0.717, 1.165) is 16.4 Å². The molecule has 0 bridgehead atoms. The first-order valence-electron chi connectivity index (χ1n) is 4.35. The number of hydrogen-bond acceptors (Lipinski definition) is 7. The first-order valence-corrected chi connectivity index (χ1v) is 5.17. The van der Waals surface area contributed by atoms with E-state index >= 15 is 0 Å². The zero-order valence-electron chi connectivity index (χ0n) is 8.27. The van der Waals surface area contributed by atoms with Gasteiger partial charge in [0.25, 0.3) is 5.56 Å². The Labute approximate surface area is 97.9 Å². The van der Waals surface area contributed by atoms with Gasteiger partial charge in [0, 0.05) is 6.07 Å². The van der Waals surface area contributed by atoms with E-state index in [1.807, 2.05) is 0 Å². The van der Waals surface area contributed by atoms with Crippen LogP contribution in [0.4, 0.5) is 0 Å². The Morgan fingerprint density at radius 2 is 2.41 bits per heavy atom. The van der Waals surface area contributed by atoms with Crippen molar-refractivity contribution in [3.8, 4) is 0 Å². The summed E-state index contributed by atoms with van der Waals surface area (Å²) < 4.78 is 1.11. The summed E-state index contributed by atoms with van der Waals surface area (Å²) in [7, 11) is 0. The number of nitrogens with one attached hydrogen (secondary N) is 1. The van der Waals surface area contributed by atoms with Gasteiger partial charge in [-0.3, -0.25) is 9.59 Å². The van der Waals surface area contributed by atoms with Gasteiger partial charge in [0.05, 0.1) is 6.33 Å². The SMILES string of the molecule is O=C(O)Cn1nnnc1Sc1cc(=O)[nH]cn1. The average Bonchev–Trinajstić information content (AvgIpc) is 2.65. The summed E-state index contributed by atoms with van der Waals surface area (Å²) in [4.78, 5) is 27.8. The Kier molecular flexibility index (Phi) is 3.14. The van der Waals surface area contributed by atoms with Crippen LogP contribution in [0.1, 0.15) is 0 Å². The molecule has 2 rings (SSSR count). The lowest BCUT2D eigenvalue weighted by Crippen LogP contribution is -2.11. The largest absolute Gasteiger partial charge is 0.480 e. The van der Waals surface area contributed by atoms with Gasteiger partial charge < -0.3 is 10.1 Å². The highest BCUT2D eigenvalue weighted by Gasteiger charge is 2.11. The van der Waals surface area contributed by atoms with Crippen molar-refractivity contribution >= 4 is 17.7 Å². The number of aliphatic carboxylic acids is 1. The summed E-state index contributed by atoms with van der Waals surface area (Å²) in [6, 6.07) is 1.27. The minimum absolute atomic E-state index is 0.255. The van der Waals surface area contributed by atoms with Gasteiger partial charge in [-0.1, -0.05) is 0 Å². The fraction of sp³-hybridized carbons (Fsp3) is 0.143. The van der Waals surface area contributed by atoms with Gasteiger partial charge in [-0.25, -0.2) is 9.67 Å². The molecule has 0 saturated heterocycles. The molecule has 17 heavy (non-hydrogen) atoms. The summed E-state index contributed by atoms with van der Waals surface area (Å²) >= 11 is 1.01. The van der Waals surface area contributed by atoms with Crippen LogP contribution in [0.25, 0.3) is 0 Å². The minimum atomic E-state index is -1.06. The maximum atomic E-state index is 11.0. The zero-order chi connectivity index (χ0) is 12.3. The molecule has 88 valence electrons. The van der Waals surface area contributed by atoms with E-state index in [-0.39, 0.29) is 17.3 Å². The fourth-order valence-corrected chi connectivity index (χ4v) is 1.74. The molecule has 2 aromatic heterocycles. The first kappa shape index (κ1) is 11.3.